The molecule has 0 fully saturated rings. The molecule has 3 aromatic carbocycles. The standard InChI is InChI=1S/C31H29N4/c1-18-11-7-8-12-21(18)22-17-33(6)29-26-19(2)15-16-25-28(26)35(31(4,5)27(29)20(22)3)30-32-23-13-9-10-14-24(23)34(25)30/h7-17H,1-6H3/q+1. The fourth-order valence-corrected chi connectivity index (χ4v) is 6.57. The number of fused-ring (bicyclic) bond motifs is 7. The van der Waals surface area contributed by atoms with Crippen LogP contribution >= 0.6 is 0 Å². The Morgan fingerprint density at radius 3 is 2.34 bits per heavy atom. The molecule has 6 aromatic rings. The number of nitrogens with zero attached hydrogens (tertiary/aromatic N) is 4. The van der Waals surface area contributed by atoms with Gasteiger partial charge < -0.3 is 0 Å². The van der Waals surface area contributed by atoms with Crippen molar-refractivity contribution < 1.29 is 4.57 Å². The molecule has 172 valence electrons. The molecule has 0 saturated heterocycles. The van der Waals surface area contributed by atoms with E-state index in [9.17, 15) is 0 Å². The molecule has 4 heterocycles. The van der Waals surface area contributed by atoms with Crippen LogP contribution in [-0.4, -0.2) is 14.0 Å². The number of rotatable bonds is 1. The Bertz CT molecular complexity index is 1860. The van der Waals surface area contributed by atoms with Gasteiger partial charge in [-0.05, 0) is 75.1 Å². The van der Waals surface area contributed by atoms with Crippen LogP contribution in [0.25, 0.3) is 50.2 Å². The van der Waals surface area contributed by atoms with E-state index in [4.69, 9.17) is 4.98 Å². The lowest BCUT2D eigenvalue weighted by molar-refractivity contribution is -0.660. The number of benzene rings is 3. The second-order valence-electron chi connectivity index (χ2n) is 10.6. The van der Waals surface area contributed by atoms with E-state index in [-0.39, 0.29) is 5.54 Å². The maximum Gasteiger partial charge on any atom is 0.220 e. The number of para-hydroxylation sites is 2. The molecular formula is C31H29N4+. The maximum absolute atomic E-state index is 5.16. The fraction of sp³-hybridized carbons (Fsp3) is 0.226. The SMILES string of the molecule is Cc1ccccc1-c1c[n+](C)c2c(c1C)C(C)(C)n1c3c-2c(C)ccc3n2c3ccccc3nc12. The first kappa shape index (κ1) is 20.5. The van der Waals surface area contributed by atoms with Gasteiger partial charge in [-0.3, -0.25) is 8.97 Å². The minimum Gasteiger partial charge on any atom is -0.299 e. The van der Waals surface area contributed by atoms with Crippen molar-refractivity contribution in [3.8, 4) is 22.4 Å². The van der Waals surface area contributed by atoms with Crippen molar-refractivity contribution in [2.75, 3.05) is 0 Å². The molecule has 0 unspecified atom stereocenters. The van der Waals surface area contributed by atoms with Gasteiger partial charge in [0.05, 0.1) is 38.7 Å². The normalized spacial score (nSPS) is 14.2. The molecule has 1 aliphatic heterocycles. The van der Waals surface area contributed by atoms with E-state index in [0.717, 1.165) is 16.8 Å². The molecule has 0 atom stereocenters. The van der Waals surface area contributed by atoms with Gasteiger partial charge in [0.2, 0.25) is 11.5 Å². The van der Waals surface area contributed by atoms with Crippen molar-refractivity contribution >= 4 is 27.8 Å². The average molecular weight is 458 g/mol. The van der Waals surface area contributed by atoms with Gasteiger partial charge in [-0.2, -0.15) is 0 Å². The van der Waals surface area contributed by atoms with Crippen molar-refractivity contribution in [2.45, 2.75) is 40.2 Å². The molecule has 1 aliphatic rings. The smallest absolute Gasteiger partial charge is 0.220 e. The predicted molar refractivity (Wildman–Crippen MR) is 143 cm³/mol. The summed E-state index contributed by atoms with van der Waals surface area (Å²) in [6.07, 6.45) is 2.32. The van der Waals surface area contributed by atoms with Gasteiger partial charge in [-0.15, -0.1) is 0 Å². The highest BCUT2D eigenvalue weighted by Crippen LogP contribution is 2.49. The highest BCUT2D eigenvalue weighted by molar-refractivity contribution is 6.01. The summed E-state index contributed by atoms with van der Waals surface area (Å²) in [4.78, 5) is 5.16. The third-order valence-corrected chi connectivity index (χ3v) is 8.11. The Labute approximate surface area is 205 Å². The van der Waals surface area contributed by atoms with Crippen molar-refractivity contribution in [1.29, 1.82) is 0 Å². The maximum atomic E-state index is 5.16. The van der Waals surface area contributed by atoms with E-state index in [0.29, 0.717) is 0 Å². The van der Waals surface area contributed by atoms with Gasteiger partial charge in [0.25, 0.3) is 0 Å². The molecule has 0 N–H and O–H groups in total. The molecule has 0 radical (unpaired) electrons. The first-order valence-electron chi connectivity index (χ1n) is 12.3. The fourth-order valence-electron chi connectivity index (χ4n) is 6.57. The van der Waals surface area contributed by atoms with E-state index < -0.39 is 0 Å². The van der Waals surface area contributed by atoms with Crippen LogP contribution in [0.15, 0.2) is 66.9 Å². The monoisotopic (exact) mass is 457 g/mol. The van der Waals surface area contributed by atoms with Crippen LogP contribution in [0.4, 0.5) is 0 Å². The Morgan fingerprint density at radius 2 is 1.54 bits per heavy atom. The summed E-state index contributed by atoms with van der Waals surface area (Å²) in [5.41, 5.74) is 14.9. The Kier molecular flexibility index (Phi) is 3.86. The number of hydrogen-bond donors (Lipinski definition) is 0. The van der Waals surface area contributed by atoms with E-state index >= 15 is 0 Å². The first-order valence-corrected chi connectivity index (χ1v) is 12.3. The van der Waals surface area contributed by atoms with Crippen LogP contribution in [0.3, 0.4) is 0 Å². The molecule has 35 heavy (non-hydrogen) atoms. The Balaban J connectivity index is 1.70. The molecule has 0 spiro atoms. The minimum absolute atomic E-state index is 0.291. The molecular weight excluding hydrogens is 428 g/mol. The zero-order valence-electron chi connectivity index (χ0n) is 21.1. The summed E-state index contributed by atoms with van der Waals surface area (Å²) < 4.78 is 7.19. The number of pyridine rings is 1. The van der Waals surface area contributed by atoms with Crippen molar-refractivity contribution in [1.82, 2.24) is 14.0 Å². The predicted octanol–water partition coefficient (Wildman–Crippen LogP) is 6.62. The summed E-state index contributed by atoms with van der Waals surface area (Å²) in [5, 5.41) is 0. The molecule has 0 bridgehead atoms. The molecule has 0 aliphatic carbocycles. The molecule has 0 saturated carbocycles. The van der Waals surface area contributed by atoms with Gasteiger partial charge in [-0.1, -0.05) is 42.5 Å². The minimum atomic E-state index is -0.291. The average Bonchev–Trinajstić information content (AvgIpc) is 3.35. The van der Waals surface area contributed by atoms with Gasteiger partial charge in [-0.25, -0.2) is 9.55 Å². The molecule has 4 nitrogen and oxygen atoms in total. The number of aromatic nitrogens is 4. The van der Waals surface area contributed by atoms with Crippen molar-refractivity contribution in [2.24, 2.45) is 7.05 Å². The highest BCUT2D eigenvalue weighted by atomic mass is 15.2. The molecule has 4 heteroatoms. The lowest BCUT2D eigenvalue weighted by atomic mass is 9.79. The summed E-state index contributed by atoms with van der Waals surface area (Å²) in [6, 6.07) is 21.7. The third-order valence-electron chi connectivity index (χ3n) is 8.11. The van der Waals surface area contributed by atoms with Gasteiger partial charge in [0.1, 0.15) is 7.05 Å². The van der Waals surface area contributed by atoms with E-state index in [1.165, 1.54) is 55.7 Å². The van der Waals surface area contributed by atoms with Crippen LogP contribution in [-0.2, 0) is 12.6 Å². The number of aryl methyl sites for hydroxylation is 3. The molecule has 7 rings (SSSR count). The van der Waals surface area contributed by atoms with E-state index in [2.05, 4.69) is 122 Å². The summed E-state index contributed by atoms with van der Waals surface area (Å²) in [5.74, 6) is 1.01. The summed E-state index contributed by atoms with van der Waals surface area (Å²) in [6.45, 7) is 11.4. The van der Waals surface area contributed by atoms with Gasteiger partial charge >= 0.3 is 0 Å². The Hall–Kier alpha value is -3.92. The third kappa shape index (κ3) is 2.42. The van der Waals surface area contributed by atoms with Crippen LogP contribution < -0.4 is 4.57 Å². The van der Waals surface area contributed by atoms with Crippen LogP contribution in [0.5, 0.6) is 0 Å². The highest BCUT2D eigenvalue weighted by Gasteiger charge is 2.43. The van der Waals surface area contributed by atoms with Crippen LogP contribution in [0.1, 0.15) is 36.1 Å². The second kappa shape index (κ2) is 6.60. The van der Waals surface area contributed by atoms with E-state index in [1.807, 2.05) is 0 Å². The zero-order chi connectivity index (χ0) is 24.2. The van der Waals surface area contributed by atoms with Crippen LogP contribution in [0.2, 0.25) is 0 Å². The van der Waals surface area contributed by atoms with Crippen molar-refractivity contribution in [3.63, 3.8) is 0 Å². The topological polar surface area (TPSA) is 26.1 Å². The largest absolute Gasteiger partial charge is 0.299 e. The number of hydrogen-bond acceptors (Lipinski definition) is 1. The van der Waals surface area contributed by atoms with Crippen molar-refractivity contribution in [3.05, 3.63) is 89.1 Å². The quantitative estimate of drug-likeness (QED) is 0.255. The van der Waals surface area contributed by atoms with E-state index in [1.54, 1.807) is 0 Å². The molecule has 0 amide bonds. The summed E-state index contributed by atoms with van der Waals surface area (Å²) >= 11 is 0. The molecule has 3 aromatic heterocycles. The zero-order valence-corrected chi connectivity index (χ0v) is 21.1. The number of imidazole rings is 2. The van der Waals surface area contributed by atoms with Crippen LogP contribution in [0, 0.1) is 20.8 Å². The Morgan fingerprint density at radius 1 is 0.800 bits per heavy atom. The van der Waals surface area contributed by atoms with Gasteiger partial charge in [0.15, 0.2) is 6.20 Å². The lowest BCUT2D eigenvalue weighted by Crippen LogP contribution is -2.41. The second-order valence-corrected chi connectivity index (χ2v) is 10.6. The lowest BCUT2D eigenvalue weighted by Gasteiger charge is -2.35. The first-order chi connectivity index (χ1) is 16.8. The summed E-state index contributed by atoms with van der Waals surface area (Å²) in [7, 11) is 2.20. The van der Waals surface area contributed by atoms with Gasteiger partial charge in [0, 0.05) is 5.56 Å².